The van der Waals surface area contributed by atoms with E-state index in [2.05, 4.69) is 6.07 Å². The molecule has 84 valence electrons. The average Bonchev–Trinajstić information content (AvgIpc) is 2.15. The molecule has 1 aromatic rings. The Bertz CT molecular complexity index is 312. The van der Waals surface area contributed by atoms with E-state index in [0.717, 1.165) is 5.75 Å². The Morgan fingerprint density at radius 1 is 1.40 bits per heavy atom. The minimum Gasteiger partial charge on any atom is -0.497 e. The Morgan fingerprint density at radius 2 is 2.13 bits per heavy atom. The van der Waals surface area contributed by atoms with E-state index >= 15 is 0 Å². The summed E-state index contributed by atoms with van der Waals surface area (Å²) in [5.41, 5.74) is 7.37. The summed E-state index contributed by atoms with van der Waals surface area (Å²) in [6, 6.07) is 8.29. The van der Waals surface area contributed by atoms with Crippen LogP contribution in [0.2, 0.25) is 0 Å². The van der Waals surface area contributed by atoms with E-state index in [-0.39, 0.29) is 18.4 Å². The van der Waals surface area contributed by atoms with Crippen LogP contribution in [-0.2, 0) is 0 Å². The van der Waals surface area contributed by atoms with Crippen LogP contribution in [0, 0.1) is 5.92 Å². The third-order valence-corrected chi connectivity index (χ3v) is 3.14. The number of methoxy groups -OCH3 is 1. The van der Waals surface area contributed by atoms with E-state index in [0.29, 0.717) is 5.92 Å². The molecule has 0 amide bonds. The first kappa shape index (κ1) is 12.3. The molecule has 2 N–H and O–H groups in total. The van der Waals surface area contributed by atoms with Gasteiger partial charge in [-0.05, 0) is 36.5 Å². The standard InChI is InChI=1S/C12H17NO.ClH/c1-14-11-7-3-6-10(8-11)12(13)9-4-2-5-9;/h3,6-9,12H,2,4-5,13H2,1H3;1H/t12-;/m0./s1. The largest absolute Gasteiger partial charge is 0.497 e. The highest BCUT2D eigenvalue weighted by molar-refractivity contribution is 5.85. The second kappa shape index (κ2) is 5.38. The molecule has 15 heavy (non-hydrogen) atoms. The maximum Gasteiger partial charge on any atom is 0.119 e. The normalized spacial score (nSPS) is 17.5. The predicted octanol–water partition coefficient (Wildman–Crippen LogP) is 2.92. The van der Waals surface area contributed by atoms with Crippen molar-refractivity contribution in [3.63, 3.8) is 0 Å². The lowest BCUT2D eigenvalue weighted by Gasteiger charge is -2.31. The highest BCUT2D eigenvalue weighted by Crippen LogP contribution is 2.36. The van der Waals surface area contributed by atoms with E-state index in [9.17, 15) is 0 Å². The molecule has 1 aromatic carbocycles. The highest BCUT2D eigenvalue weighted by Gasteiger charge is 2.25. The molecule has 0 radical (unpaired) electrons. The lowest BCUT2D eigenvalue weighted by Crippen LogP contribution is -2.26. The molecule has 1 atom stereocenters. The van der Waals surface area contributed by atoms with Gasteiger partial charge in [-0.25, -0.2) is 0 Å². The molecule has 2 rings (SSSR count). The zero-order chi connectivity index (χ0) is 9.97. The van der Waals surface area contributed by atoms with Crippen molar-refractivity contribution in [2.75, 3.05) is 7.11 Å². The van der Waals surface area contributed by atoms with Gasteiger partial charge in [0.2, 0.25) is 0 Å². The van der Waals surface area contributed by atoms with E-state index in [4.69, 9.17) is 10.5 Å². The van der Waals surface area contributed by atoms with Crippen molar-refractivity contribution in [3.8, 4) is 5.75 Å². The van der Waals surface area contributed by atoms with Crippen LogP contribution < -0.4 is 10.5 Å². The summed E-state index contributed by atoms with van der Waals surface area (Å²) < 4.78 is 5.18. The van der Waals surface area contributed by atoms with Gasteiger partial charge in [-0.2, -0.15) is 0 Å². The van der Waals surface area contributed by atoms with Gasteiger partial charge in [0.05, 0.1) is 7.11 Å². The number of halogens is 1. The SMILES string of the molecule is COc1cccc([C@@H](N)C2CCC2)c1.Cl. The fourth-order valence-electron chi connectivity index (χ4n) is 1.92. The topological polar surface area (TPSA) is 35.2 Å². The van der Waals surface area contributed by atoms with Gasteiger partial charge in [-0.1, -0.05) is 18.6 Å². The van der Waals surface area contributed by atoms with Gasteiger partial charge < -0.3 is 10.5 Å². The van der Waals surface area contributed by atoms with Crippen LogP contribution >= 0.6 is 12.4 Å². The van der Waals surface area contributed by atoms with Crippen LogP contribution in [0.3, 0.4) is 0 Å². The molecule has 1 saturated carbocycles. The Morgan fingerprint density at radius 3 is 2.67 bits per heavy atom. The van der Waals surface area contributed by atoms with Gasteiger partial charge in [-0.3, -0.25) is 0 Å². The van der Waals surface area contributed by atoms with Crippen LogP contribution in [-0.4, -0.2) is 7.11 Å². The Balaban J connectivity index is 0.00000112. The average molecular weight is 228 g/mol. The molecule has 2 nitrogen and oxygen atoms in total. The molecule has 1 fully saturated rings. The summed E-state index contributed by atoms with van der Waals surface area (Å²) in [7, 11) is 1.69. The summed E-state index contributed by atoms with van der Waals surface area (Å²) in [5, 5.41) is 0. The molecule has 0 spiro atoms. The van der Waals surface area contributed by atoms with Crippen molar-refractivity contribution >= 4 is 12.4 Å². The van der Waals surface area contributed by atoms with Crippen molar-refractivity contribution in [2.24, 2.45) is 11.7 Å². The van der Waals surface area contributed by atoms with E-state index in [1.807, 2.05) is 18.2 Å². The van der Waals surface area contributed by atoms with E-state index in [1.165, 1.54) is 24.8 Å². The van der Waals surface area contributed by atoms with Crippen molar-refractivity contribution in [3.05, 3.63) is 29.8 Å². The van der Waals surface area contributed by atoms with Crippen LogP contribution in [0.4, 0.5) is 0 Å². The molecular weight excluding hydrogens is 210 g/mol. The Hall–Kier alpha value is -0.730. The minimum absolute atomic E-state index is 0. The Kier molecular flexibility index (Phi) is 4.43. The molecule has 0 aliphatic heterocycles. The van der Waals surface area contributed by atoms with Gasteiger partial charge in [0.15, 0.2) is 0 Å². The third kappa shape index (κ3) is 2.64. The lowest BCUT2D eigenvalue weighted by molar-refractivity contribution is 0.264. The van der Waals surface area contributed by atoms with Crippen molar-refractivity contribution in [2.45, 2.75) is 25.3 Å². The maximum absolute atomic E-state index is 6.17. The molecule has 0 saturated heterocycles. The van der Waals surface area contributed by atoms with Crippen molar-refractivity contribution < 1.29 is 4.74 Å². The monoisotopic (exact) mass is 227 g/mol. The number of ether oxygens (including phenoxy) is 1. The molecule has 1 aliphatic carbocycles. The molecule has 1 aliphatic rings. The number of hydrogen-bond acceptors (Lipinski definition) is 2. The molecular formula is C12H18ClNO. The van der Waals surface area contributed by atoms with Gasteiger partial charge in [0.25, 0.3) is 0 Å². The minimum atomic E-state index is 0. The quantitative estimate of drug-likeness (QED) is 0.862. The van der Waals surface area contributed by atoms with E-state index in [1.54, 1.807) is 7.11 Å². The van der Waals surface area contributed by atoms with Gasteiger partial charge in [0, 0.05) is 6.04 Å². The summed E-state index contributed by atoms with van der Waals surface area (Å²) in [6.45, 7) is 0. The third-order valence-electron chi connectivity index (χ3n) is 3.14. The van der Waals surface area contributed by atoms with E-state index < -0.39 is 0 Å². The first-order valence-corrected chi connectivity index (χ1v) is 5.21. The second-order valence-corrected chi connectivity index (χ2v) is 3.99. The summed E-state index contributed by atoms with van der Waals surface area (Å²) in [4.78, 5) is 0. The Labute approximate surface area is 97.2 Å². The number of hydrogen-bond donors (Lipinski definition) is 1. The fraction of sp³-hybridized carbons (Fsp3) is 0.500. The smallest absolute Gasteiger partial charge is 0.119 e. The zero-order valence-corrected chi connectivity index (χ0v) is 9.80. The van der Waals surface area contributed by atoms with Crippen molar-refractivity contribution in [1.82, 2.24) is 0 Å². The molecule has 0 bridgehead atoms. The fourth-order valence-corrected chi connectivity index (χ4v) is 1.92. The van der Waals surface area contributed by atoms with Crippen LogP contribution in [0.5, 0.6) is 5.75 Å². The number of rotatable bonds is 3. The molecule has 0 aromatic heterocycles. The molecule has 0 heterocycles. The van der Waals surface area contributed by atoms with Gasteiger partial charge in [-0.15, -0.1) is 12.4 Å². The first-order valence-electron chi connectivity index (χ1n) is 5.21. The summed E-state index contributed by atoms with van der Waals surface area (Å²) in [5.74, 6) is 1.58. The second-order valence-electron chi connectivity index (χ2n) is 3.99. The number of benzene rings is 1. The maximum atomic E-state index is 6.17. The van der Waals surface area contributed by atoms with Gasteiger partial charge in [0.1, 0.15) is 5.75 Å². The first-order chi connectivity index (χ1) is 6.81. The zero-order valence-electron chi connectivity index (χ0n) is 8.98. The molecule has 3 heteroatoms. The van der Waals surface area contributed by atoms with Crippen LogP contribution in [0.25, 0.3) is 0 Å². The summed E-state index contributed by atoms with van der Waals surface area (Å²) in [6.07, 6.45) is 3.89. The summed E-state index contributed by atoms with van der Waals surface area (Å²) >= 11 is 0. The predicted molar refractivity (Wildman–Crippen MR) is 64.5 cm³/mol. The van der Waals surface area contributed by atoms with Gasteiger partial charge >= 0.3 is 0 Å². The highest BCUT2D eigenvalue weighted by atomic mass is 35.5. The van der Waals surface area contributed by atoms with Crippen LogP contribution in [0.1, 0.15) is 30.9 Å². The van der Waals surface area contributed by atoms with Crippen LogP contribution in [0.15, 0.2) is 24.3 Å². The molecule has 0 unspecified atom stereocenters. The lowest BCUT2D eigenvalue weighted by atomic mass is 9.77. The number of nitrogens with two attached hydrogens (primary N) is 1. The van der Waals surface area contributed by atoms with Crippen molar-refractivity contribution in [1.29, 1.82) is 0 Å².